The van der Waals surface area contributed by atoms with Crippen LogP contribution in [0, 0.1) is 11.8 Å². The first-order chi connectivity index (χ1) is 17.2. The van der Waals surface area contributed by atoms with E-state index in [4.69, 9.17) is 4.74 Å². The average molecular weight is 493 g/mol. The zero-order valence-corrected chi connectivity index (χ0v) is 21.6. The van der Waals surface area contributed by atoms with Crippen LogP contribution in [0.2, 0.25) is 0 Å². The summed E-state index contributed by atoms with van der Waals surface area (Å²) < 4.78 is 19.7. The number of likely N-dealkylation sites (tertiary alicyclic amines) is 1. The Kier molecular flexibility index (Phi) is 8.26. The van der Waals surface area contributed by atoms with E-state index in [9.17, 15) is 4.39 Å². The van der Waals surface area contributed by atoms with Gasteiger partial charge in [0.05, 0.1) is 24.6 Å². The molecule has 0 bridgehead atoms. The number of nitrogens with one attached hydrogen (secondary N) is 4. The van der Waals surface area contributed by atoms with Crippen LogP contribution >= 0.6 is 0 Å². The molecule has 7 nitrogen and oxygen atoms in total. The van der Waals surface area contributed by atoms with Gasteiger partial charge in [0.1, 0.15) is 6.17 Å². The van der Waals surface area contributed by atoms with Gasteiger partial charge >= 0.3 is 0 Å². The summed E-state index contributed by atoms with van der Waals surface area (Å²) in [6.07, 6.45) is 15.9. The lowest BCUT2D eigenvalue weighted by atomic mass is 9.79. The van der Waals surface area contributed by atoms with Crippen molar-refractivity contribution in [2.45, 2.75) is 126 Å². The van der Waals surface area contributed by atoms with Crippen molar-refractivity contribution in [3.8, 4) is 0 Å². The third kappa shape index (κ3) is 5.89. The molecule has 0 radical (unpaired) electrons. The van der Waals surface area contributed by atoms with Crippen LogP contribution in [0.1, 0.15) is 83.5 Å². The van der Waals surface area contributed by atoms with Crippen molar-refractivity contribution in [3.63, 3.8) is 0 Å². The minimum atomic E-state index is -0.558. The lowest BCUT2D eigenvalue weighted by molar-refractivity contribution is 0.0102. The topological polar surface area (TPSA) is 63.8 Å². The Labute approximate surface area is 211 Å². The maximum absolute atomic E-state index is 13.7. The van der Waals surface area contributed by atoms with Gasteiger partial charge in [0.15, 0.2) is 0 Å². The van der Waals surface area contributed by atoms with Crippen LogP contribution in [0.5, 0.6) is 0 Å². The molecule has 5 saturated heterocycles. The number of rotatable bonds is 7. The molecule has 6 fully saturated rings. The predicted molar refractivity (Wildman–Crippen MR) is 136 cm³/mol. The van der Waals surface area contributed by atoms with Crippen molar-refractivity contribution in [2.75, 3.05) is 32.8 Å². The minimum Gasteiger partial charge on any atom is -0.376 e. The van der Waals surface area contributed by atoms with Gasteiger partial charge < -0.3 is 10.1 Å². The van der Waals surface area contributed by atoms with E-state index in [0.717, 1.165) is 58.3 Å². The molecule has 35 heavy (non-hydrogen) atoms. The molecule has 1 aliphatic carbocycles. The van der Waals surface area contributed by atoms with E-state index in [2.05, 4.69) is 31.3 Å². The molecule has 0 aromatic carbocycles. The van der Waals surface area contributed by atoms with Crippen LogP contribution in [0.25, 0.3) is 0 Å². The van der Waals surface area contributed by atoms with Gasteiger partial charge in [-0.3, -0.25) is 21.0 Å². The van der Waals surface area contributed by atoms with Gasteiger partial charge in [0.2, 0.25) is 0 Å². The minimum absolute atomic E-state index is 0.350. The van der Waals surface area contributed by atoms with Crippen LogP contribution in [0.15, 0.2) is 0 Å². The summed E-state index contributed by atoms with van der Waals surface area (Å²) in [5, 5.41) is 14.2. The average Bonchev–Trinajstić information content (AvgIpc) is 3.63. The highest BCUT2D eigenvalue weighted by Gasteiger charge is 2.45. The van der Waals surface area contributed by atoms with Crippen molar-refractivity contribution >= 4 is 0 Å². The van der Waals surface area contributed by atoms with Crippen molar-refractivity contribution in [3.05, 3.63) is 0 Å². The molecule has 0 aromatic rings. The molecule has 0 aromatic heterocycles. The Morgan fingerprint density at radius 2 is 1.77 bits per heavy atom. The SMILES string of the molecule is FC1CCC(C2CNN(C3CC(N4CC[C@H]5OCC[C@H]54)NC(CCCC4CCCCN4)N3)C2)CC1. The van der Waals surface area contributed by atoms with E-state index >= 15 is 0 Å². The lowest BCUT2D eigenvalue weighted by Gasteiger charge is -2.45. The Hall–Kier alpha value is -0.350. The van der Waals surface area contributed by atoms with Gasteiger partial charge in [0, 0.05) is 44.7 Å². The fourth-order valence-electron chi connectivity index (χ4n) is 8.05. The van der Waals surface area contributed by atoms with Gasteiger partial charge in [-0.1, -0.05) is 6.42 Å². The molecule has 1 saturated carbocycles. The number of hydrogen-bond acceptors (Lipinski definition) is 7. The van der Waals surface area contributed by atoms with Crippen molar-refractivity contribution < 1.29 is 9.13 Å². The van der Waals surface area contributed by atoms with E-state index < -0.39 is 6.17 Å². The predicted octanol–water partition coefficient (Wildman–Crippen LogP) is 2.69. The molecule has 7 atom stereocenters. The number of alkyl halides is 1. The molecular weight excluding hydrogens is 443 g/mol. The van der Waals surface area contributed by atoms with Gasteiger partial charge in [-0.15, -0.1) is 0 Å². The number of nitrogens with zero attached hydrogens (tertiary/aromatic N) is 2. The standard InChI is InChI=1S/C27H49FN6O/c28-21-9-7-19(8-10-21)20-17-30-34(18-20)27-16-26(33-14-11-24-23(33)12-15-35-24)31-25(32-27)6-3-5-22-4-1-2-13-29-22/h19-27,29-32H,1-18H2/t19?,20?,21?,22?,23-,24-,25?,26?,27?/m1/s1. The summed E-state index contributed by atoms with van der Waals surface area (Å²) >= 11 is 0. The van der Waals surface area contributed by atoms with Crippen LogP contribution in [0.3, 0.4) is 0 Å². The summed E-state index contributed by atoms with van der Waals surface area (Å²) in [6.45, 7) is 5.43. The number of ether oxygens (including phenoxy) is 1. The Morgan fingerprint density at radius 3 is 2.63 bits per heavy atom. The zero-order chi connectivity index (χ0) is 23.6. The number of hydrogen-bond donors (Lipinski definition) is 4. The van der Waals surface area contributed by atoms with Crippen molar-refractivity contribution in [2.24, 2.45) is 11.8 Å². The molecule has 200 valence electrons. The maximum atomic E-state index is 13.7. The Morgan fingerprint density at radius 1 is 0.886 bits per heavy atom. The van der Waals surface area contributed by atoms with E-state index in [1.165, 1.54) is 57.9 Å². The monoisotopic (exact) mass is 492 g/mol. The van der Waals surface area contributed by atoms with Gasteiger partial charge in [-0.25, -0.2) is 9.40 Å². The first kappa shape index (κ1) is 25.0. The highest BCUT2D eigenvalue weighted by Crippen LogP contribution is 2.35. The van der Waals surface area contributed by atoms with Crippen LogP contribution in [-0.4, -0.2) is 85.6 Å². The molecule has 0 spiro atoms. The second kappa shape index (κ2) is 11.6. The second-order valence-electron chi connectivity index (χ2n) is 12.3. The summed E-state index contributed by atoms with van der Waals surface area (Å²) in [4.78, 5) is 2.73. The molecule has 0 amide bonds. The van der Waals surface area contributed by atoms with E-state index in [0.29, 0.717) is 48.5 Å². The van der Waals surface area contributed by atoms with Gasteiger partial charge in [0.25, 0.3) is 0 Å². The fraction of sp³-hybridized carbons (Fsp3) is 1.00. The molecule has 6 rings (SSSR count). The molecular formula is C27H49FN6O. The smallest absolute Gasteiger partial charge is 0.100 e. The quantitative estimate of drug-likeness (QED) is 0.436. The second-order valence-corrected chi connectivity index (χ2v) is 12.3. The number of hydrazine groups is 1. The first-order valence-corrected chi connectivity index (χ1v) is 15.0. The number of halogens is 1. The maximum Gasteiger partial charge on any atom is 0.100 e. The number of fused-ring (bicyclic) bond motifs is 1. The largest absolute Gasteiger partial charge is 0.376 e. The van der Waals surface area contributed by atoms with Gasteiger partial charge in [-0.2, -0.15) is 0 Å². The summed E-state index contributed by atoms with van der Waals surface area (Å²) in [5.74, 6) is 1.35. The first-order valence-electron chi connectivity index (χ1n) is 15.0. The highest BCUT2D eigenvalue weighted by atomic mass is 19.1. The Bertz CT molecular complexity index is 672. The highest BCUT2D eigenvalue weighted by molar-refractivity contribution is 4.98. The fourth-order valence-corrected chi connectivity index (χ4v) is 8.05. The summed E-state index contributed by atoms with van der Waals surface area (Å²) in [7, 11) is 0. The third-order valence-corrected chi connectivity index (χ3v) is 10.1. The van der Waals surface area contributed by atoms with E-state index in [1.807, 2.05) is 0 Å². The molecule has 5 unspecified atom stereocenters. The molecule has 8 heteroatoms. The van der Waals surface area contributed by atoms with Crippen LogP contribution < -0.4 is 21.4 Å². The number of piperidine rings is 1. The summed E-state index contributed by atoms with van der Waals surface area (Å²) in [6, 6.07) is 1.31. The Balaban J connectivity index is 1.07. The van der Waals surface area contributed by atoms with Crippen molar-refractivity contribution in [1.29, 1.82) is 0 Å². The van der Waals surface area contributed by atoms with E-state index in [1.54, 1.807) is 0 Å². The molecule has 4 N–H and O–H groups in total. The molecule has 5 aliphatic heterocycles. The zero-order valence-electron chi connectivity index (χ0n) is 21.6. The molecule has 5 heterocycles. The van der Waals surface area contributed by atoms with Crippen molar-refractivity contribution in [1.82, 2.24) is 31.3 Å². The lowest BCUT2D eigenvalue weighted by Crippen LogP contribution is -2.68. The summed E-state index contributed by atoms with van der Waals surface area (Å²) in [5.41, 5.74) is 3.77. The van der Waals surface area contributed by atoms with Crippen LogP contribution in [-0.2, 0) is 4.74 Å². The van der Waals surface area contributed by atoms with E-state index in [-0.39, 0.29) is 0 Å². The van der Waals surface area contributed by atoms with Crippen LogP contribution in [0.4, 0.5) is 4.39 Å². The van der Waals surface area contributed by atoms with Gasteiger partial charge in [-0.05, 0) is 89.0 Å². The molecule has 6 aliphatic rings. The normalized spacial score (nSPS) is 45.7. The third-order valence-electron chi connectivity index (χ3n) is 10.1.